The molecular formula is C22H23F5N8O. The van der Waals surface area contributed by atoms with Gasteiger partial charge in [-0.1, -0.05) is 18.6 Å². The largest absolute Gasteiger partial charge is 0.419 e. The van der Waals surface area contributed by atoms with E-state index in [1.165, 1.54) is 4.80 Å². The lowest BCUT2D eigenvalue weighted by Gasteiger charge is -2.43. The predicted octanol–water partition coefficient (Wildman–Crippen LogP) is 3.59. The second-order valence-corrected chi connectivity index (χ2v) is 8.86. The number of carbonyl (C=O) groups excluding carboxylic acids is 1. The average Bonchev–Trinajstić information content (AvgIpc) is 3.22. The zero-order chi connectivity index (χ0) is 26.3. The topological polar surface area (TPSA) is 102 Å². The van der Waals surface area contributed by atoms with Crippen molar-refractivity contribution < 1.29 is 26.7 Å². The number of piperidine rings is 1. The van der Waals surface area contributed by atoms with E-state index in [0.29, 0.717) is 18.0 Å². The van der Waals surface area contributed by atoms with Gasteiger partial charge in [-0.3, -0.25) is 4.79 Å². The van der Waals surface area contributed by atoms with Crippen LogP contribution in [0.4, 0.5) is 27.9 Å². The Morgan fingerprint density at radius 2 is 1.92 bits per heavy atom. The first-order valence-corrected chi connectivity index (χ1v) is 11.0. The minimum absolute atomic E-state index is 0.0428. The molecule has 1 unspecified atom stereocenters. The van der Waals surface area contributed by atoms with Crippen LogP contribution in [-0.2, 0) is 13.2 Å². The molecule has 14 heteroatoms. The molecule has 1 aliphatic rings. The van der Waals surface area contributed by atoms with Crippen molar-refractivity contribution >= 4 is 11.9 Å². The quantitative estimate of drug-likeness (QED) is 0.524. The van der Waals surface area contributed by atoms with Gasteiger partial charge in [0.1, 0.15) is 0 Å². The van der Waals surface area contributed by atoms with Gasteiger partial charge in [0.05, 0.1) is 30.8 Å². The number of halogens is 5. The van der Waals surface area contributed by atoms with E-state index < -0.39 is 48.5 Å². The summed E-state index contributed by atoms with van der Waals surface area (Å²) in [4.78, 5) is 23.3. The molecule has 192 valence electrons. The number of amides is 1. The second kappa shape index (κ2) is 9.39. The Hall–Kier alpha value is -3.71. The van der Waals surface area contributed by atoms with Gasteiger partial charge in [0.15, 0.2) is 0 Å². The summed E-state index contributed by atoms with van der Waals surface area (Å²) in [6.07, 6.45) is -3.79. The Labute approximate surface area is 202 Å². The lowest BCUT2D eigenvalue weighted by atomic mass is 9.87. The van der Waals surface area contributed by atoms with Crippen LogP contribution in [0.5, 0.6) is 0 Å². The van der Waals surface area contributed by atoms with Gasteiger partial charge < -0.3 is 10.2 Å². The molecule has 1 N–H and O–H groups in total. The third-order valence-corrected chi connectivity index (χ3v) is 5.94. The summed E-state index contributed by atoms with van der Waals surface area (Å²) in [6, 6.07) is 4.24. The van der Waals surface area contributed by atoms with Crippen LogP contribution in [0, 0.1) is 12.8 Å². The van der Waals surface area contributed by atoms with Crippen LogP contribution in [-0.4, -0.2) is 66.0 Å². The first kappa shape index (κ1) is 25.4. The molecule has 1 fully saturated rings. The van der Waals surface area contributed by atoms with Gasteiger partial charge in [0.2, 0.25) is 11.8 Å². The molecule has 1 amide bonds. The summed E-state index contributed by atoms with van der Waals surface area (Å²) in [6.45, 7) is 2.49. The van der Waals surface area contributed by atoms with E-state index in [2.05, 4.69) is 30.7 Å². The van der Waals surface area contributed by atoms with Crippen molar-refractivity contribution in [1.29, 1.82) is 0 Å². The molecule has 0 saturated carbocycles. The number of tetrazole rings is 1. The lowest BCUT2D eigenvalue weighted by Crippen LogP contribution is -2.57. The van der Waals surface area contributed by atoms with Crippen molar-refractivity contribution in [3.63, 3.8) is 0 Å². The molecule has 2 atom stereocenters. The number of carbonyl (C=O) groups is 1. The van der Waals surface area contributed by atoms with E-state index in [1.807, 2.05) is 0 Å². The molecule has 1 aliphatic heterocycles. The van der Waals surface area contributed by atoms with Crippen molar-refractivity contribution in [3.8, 4) is 11.4 Å². The molecule has 3 heterocycles. The number of nitrogens with one attached hydrogen (secondary N) is 1. The van der Waals surface area contributed by atoms with E-state index >= 15 is 0 Å². The highest BCUT2D eigenvalue weighted by Crippen LogP contribution is 2.36. The van der Waals surface area contributed by atoms with E-state index in [0.717, 1.165) is 10.5 Å². The molecule has 0 spiro atoms. The van der Waals surface area contributed by atoms with Crippen LogP contribution in [0.25, 0.3) is 11.4 Å². The zero-order valence-electron chi connectivity index (χ0n) is 19.6. The van der Waals surface area contributed by atoms with Crippen molar-refractivity contribution in [2.45, 2.75) is 38.4 Å². The number of aryl methyl sites for hydroxylation is 2. The SMILES string of the molecule is Cc1ccc(-c2nnn(C)n2)c(C(=O)N2CC(F)(F)C[C@@H](C)C2CNc2ncc(C(F)(F)F)cn2)c1. The maximum absolute atomic E-state index is 14.6. The van der Waals surface area contributed by atoms with E-state index in [1.54, 1.807) is 39.1 Å². The average molecular weight is 510 g/mol. The molecule has 2 aromatic heterocycles. The minimum Gasteiger partial charge on any atom is -0.352 e. The second-order valence-electron chi connectivity index (χ2n) is 8.86. The fourth-order valence-corrected chi connectivity index (χ4v) is 4.22. The summed E-state index contributed by atoms with van der Waals surface area (Å²) in [5, 5.41) is 14.6. The number of aromatic nitrogens is 6. The number of hydrogen-bond acceptors (Lipinski definition) is 7. The van der Waals surface area contributed by atoms with Crippen molar-refractivity contribution in [1.82, 2.24) is 35.1 Å². The lowest BCUT2D eigenvalue weighted by molar-refractivity contribution is -0.138. The van der Waals surface area contributed by atoms with Gasteiger partial charge >= 0.3 is 6.18 Å². The fourth-order valence-electron chi connectivity index (χ4n) is 4.22. The maximum Gasteiger partial charge on any atom is 0.419 e. The van der Waals surface area contributed by atoms with Crippen LogP contribution in [0.1, 0.15) is 34.8 Å². The van der Waals surface area contributed by atoms with Gasteiger partial charge in [-0.05, 0) is 30.2 Å². The number of rotatable bonds is 5. The van der Waals surface area contributed by atoms with Crippen LogP contribution >= 0.6 is 0 Å². The van der Waals surface area contributed by atoms with Gasteiger partial charge in [-0.2, -0.15) is 18.0 Å². The third-order valence-electron chi connectivity index (χ3n) is 5.94. The minimum atomic E-state index is -4.59. The highest BCUT2D eigenvalue weighted by atomic mass is 19.4. The Bertz CT molecular complexity index is 1240. The molecule has 0 aliphatic carbocycles. The zero-order valence-corrected chi connectivity index (χ0v) is 19.6. The van der Waals surface area contributed by atoms with Crippen LogP contribution in [0.15, 0.2) is 30.6 Å². The van der Waals surface area contributed by atoms with Crippen LogP contribution < -0.4 is 5.32 Å². The first-order chi connectivity index (χ1) is 16.8. The van der Waals surface area contributed by atoms with Gasteiger partial charge in [0.25, 0.3) is 11.8 Å². The summed E-state index contributed by atoms with van der Waals surface area (Å²) < 4.78 is 67.5. The van der Waals surface area contributed by atoms with Gasteiger partial charge in [0, 0.05) is 30.9 Å². The number of alkyl halides is 5. The van der Waals surface area contributed by atoms with Gasteiger partial charge in [-0.15, -0.1) is 10.2 Å². The molecule has 9 nitrogen and oxygen atoms in total. The van der Waals surface area contributed by atoms with Crippen molar-refractivity contribution in [2.24, 2.45) is 13.0 Å². The molecule has 4 rings (SSSR count). The molecule has 36 heavy (non-hydrogen) atoms. The number of anilines is 1. The Balaban J connectivity index is 1.63. The molecule has 0 radical (unpaired) electrons. The standard InChI is InChI=1S/C22H23F5N8O/c1-12-4-5-15(18-31-33-34(3)32-18)16(6-12)19(36)35-11-21(23,24)7-13(2)17(35)10-30-20-28-8-14(9-29-20)22(25,26)27/h4-6,8-9,13,17H,7,10-11H2,1-3H3,(H,28,29,30)/t13-,17?/m1/s1. The van der Waals surface area contributed by atoms with E-state index in [4.69, 9.17) is 0 Å². The highest BCUT2D eigenvalue weighted by Gasteiger charge is 2.46. The molecule has 3 aromatic rings. The predicted molar refractivity (Wildman–Crippen MR) is 118 cm³/mol. The Kier molecular flexibility index (Phi) is 6.62. The number of likely N-dealkylation sites (tertiary alicyclic amines) is 1. The monoisotopic (exact) mass is 510 g/mol. The molecular weight excluding hydrogens is 487 g/mol. The Morgan fingerprint density at radius 3 is 2.53 bits per heavy atom. The number of benzene rings is 1. The van der Waals surface area contributed by atoms with E-state index in [9.17, 15) is 26.7 Å². The first-order valence-electron chi connectivity index (χ1n) is 11.0. The number of nitrogens with zero attached hydrogens (tertiary/aromatic N) is 7. The van der Waals surface area contributed by atoms with Crippen LogP contribution in [0.2, 0.25) is 0 Å². The molecule has 1 aromatic carbocycles. The summed E-state index contributed by atoms with van der Waals surface area (Å²) in [7, 11) is 1.56. The maximum atomic E-state index is 14.6. The molecule has 1 saturated heterocycles. The molecule has 0 bridgehead atoms. The van der Waals surface area contributed by atoms with Crippen LogP contribution in [0.3, 0.4) is 0 Å². The smallest absolute Gasteiger partial charge is 0.352 e. The number of hydrogen-bond donors (Lipinski definition) is 1. The van der Waals surface area contributed by atoms with Crippen molar-refractivity contribution in [3.05, 3.63) is 47.3 Å². The summed E-state index contributed by atoms with van der Waals surface area (Å²) in [5.41, 5.74) is 0.206. The summed E-state index contributed by atoms with van der Waals surface area (Å²) in [5.74, 6) is -4.34. The highest BCUT2D eigenvalue weighted by molar-refractivity contribution is 6.00. The summed E-state index contributed by atoms with van der Waals surface area (Å²) >= 11 is 0. The third kappa shape index (κ3) is 5.41. The van der Waals surface area contributed by atoms with Crippen molar-refractivity contribution in [2.75, 3.05) is 18.4 Å². The van der Waals surface area contributed by atoms with E-state index in [-0.39, 0.29) is 23.9 Å². The van der Waals surface area contributed by atoms with Gasteiger partial charge in [-0.25, -0.2) is 18.7 Å². The normalized spacial score (nSPS) is 19.8. The fraction of sp³-hybridized carbons (Fsp3) is 0.455. The Morgan fingerprint density at radius 1 is 1.22 bits per heavy atom.